The summed E-state index contributed by atoms with van der Waals surface area (Å²) in [7, 11) is 0. The molecule has 1 N–H and O–H groups in total. The summed E-state index contributed by atoms with van der Waals surface area (Å²) in [6, 6.07) is 7.74. The van der Waals surface area contributed by atoms with E-state index in [0.29, 0.717) is 30.6 Å². The van der Waals surface area contributed by atoms with Crippen molar-refractivity contribution in [2.75, 3.05) is 5.32 Å². The number of hydrogen-bond acceptors (Lipinski definition) is 4. The third-order valence-corrected chi connectivity index (χ3v) is 4.58. The molecule has 7 heteroatoms. The van der Waals surface area contributed by atoms with Crippen molar-refractivity contribution in [2.45, 2.75) is 44.6 Å². The van der Waals surface area contributed by atoms with E-state index < -0.39 is 0 Å². The van der Waals surface area contributed by atoms with Gasteiger partial charge in [-0.15, -0.1) is 10.2 Å². The van der Waals surface area contributed by atoms with Crippen molar-refractivity contribution in [3.63, 3.8) is 0 Å². The number of carbonyl (C=O) groups excluding carboxylic acids is 1. The van der Waals surface area contributed by atoms with Crippen LogP contribution in [-0.4, -0.2) is 20.7 Å². The molecule has 2 rings (SSSR count). The minimum absolute atomic E-state index is 0.0373. The number of carbonyl (C=O) groups is 1. The van der Waals surface area contributed by atoms with Crippen molar-refractivity contribution < 1.29 is 4.79 Å². The van der Waals surface area contributed by atoms with Crippen LogP contribution in [0.15, 0.2) is 29.4 Å². The lowest BCUT2D eigenvalue weighted by Crippen LogP contribution is -2.17. The lowest BCUT2D eigenvalue weighted by atomic mass is 10.1. The van der Waals surface area contributed by atoms with Crippen LogP contribution in [-0.2, 0) is 17.1 Å². The normalized spacial score (nSPS) is 11.0. The van der Waals surface area contributed by atoms with E-state index in [2.05, 4.69) is 15.5 Å². The highest BCUT2D eigenvalue weighted by molar-refractivity contribution is 7.98. The van der Waals surface area contributed by atoms with Gasteiger partial charge in [0.05, 0.1) is 0 Å². The summed E-state index contributed by atoms with van der Waals surface area (Å²) >= 11 is 7.73. The summed E-state index contributed by atoms with van der Waals surface area (Å²) < 4.78 is 1.90. The van der Waals surface area contributed by atoms with Gasteiger partial charge < -0.3 is 0 Å². The number of thioether (sulfide) groups is 1. The Morgan fingerprint density at radius 1 is 1.35 bits per heavy atom. The summed E-state index contributed by atoms with van der Waals surface area (Å²) in [5.41, 5.74) is 1.05. The monoisotopic (exact) mass is 352 g/mol. The molecular weight excluding hydrogens is 332 g/mol. The van der Waals surface area contributed by atoms with Crippen LogP contribution in [0.5, 0.6) is 0 Å². The second kappa shape index (κ2) is 8.36. The van der Waals surface area contributed by atoms with Crippen LogP contribution in [0.1, 0.15) is 32.8 Å². The van der Waals surface area contributed by atoms with Gasteiger partial charge in [0.15, 0.2) is 5.16 Å². The highest BCUT2D eigenvalue weighted by atomic mass is 35.5. The largest absolute Gasteiger partial charge is 0.295 e. The minimum Gasteiger partial charge on any atom is -0.295 e. The molecule has 0 bridgehead atoms. The van der Waals surface area contributed by atoms with Gasteiger partial charge in [0.1, 0.15) is 0 Å². The highest BCUT2D eigenvalue weighted by Crippen LogP contribution is 2.27. The topological polar surface area (TPSA) is 59.8 Å². The molecule has 23 heavy (non-hydrogen) atoms. The zero-order valence-corrected chi connectivity index (χ0v) is 15.1. The lowest BCUT2D eigenvalue weighted by Gasteiger charge is -2.09. The summed E-state index contributed by atoms with van der Waals surface area (Å²) in [5, 5.41) is 12.6. The Morgan fingerprint density at radius 3 is 2.74 bits per heavy atom. The number of amides is 1. The molecule has 5 nitrogen and oxygen atoms in total. The third-order valence-electron chi connectivity index (χ3n) is 3.19. The van der Waals surface area contributed by atoms with Crippen LogP contribution in [0, 0.1) is 5.92 Å². The Morgan fingerprint density at radius 2 is 2.09 bits per heavy atom. The summed E-state index contributed by atoms with van der Waals surface area (Å²) in [4.78, 5) is 11.9. The van der Waals surface area contributed by atoms with Crippen molar-refractivity contribution in [1.29, 1.82) is 0 Å². The Hall–Kier alpha value is -1.53. The second-order valence-corrected chi connectivity index (χ2v) is 6.93. The molecule has 0 saturated carbocycles. The fourth-order valence-electron chi connectivity index (χ4n) is 2.08. The van der Waals surface area contributed by atoms with E-state index in [4.69, 9.17) is 11.6 Å². The summed E-state index contributed by atoms with van der Waals surface area (Å²) in [6.45, 7) is 6.71. The summed E-state index contributed by atoms with van der Waals surface area (Å²) in [6.07, 6.45) is 0.471. The number of nitrogens with zero attached hydrogens (tertiary/aromatic N) is 3. The van der Waals surface area contributed by atoms with E-state index in [1.165, 1.54) is 0 Å². The van der Waals surface area contributed by atoms with Gasteiger partial charge in [0.25, 0.3) is 0 Å². The molecular formula is C16H21ClN4OS. The molecule has 0 aliphatic carbocycles. The molecule has 1 heterocycles. The van der Waals surface area contributed by atoms with E-state index in [0.717, 1.165) is 15.7 Å². The average molecular weight is 353 g/mol. The Kier molecular flexibility index (Phi) is 6.47. The molecule has 1 amide bonds. The Bertz CT molecular complexity index is 672. The number of hydrogen-bond donors (Lipinski definition) is 1. The van der Waals surface area contributed by atoms with E-state index in [9.17, 15) is 4.79 Å². The predicted octanol–water partition coefficient (Wildman–Crippen LogP) is 4.23. The van der Waals surface area contributed by atoms with E-state index in [1.54, 1.807) is 11.8 Å². The molecule has 1 aromatic carbocycles. The summed E-state index contributed by atoms with van der Waals surface area (Å²) in [5.74, 6) is 1.48. The van der Waals surface area contributed by atoms with Crippen molar-refractivity contribution in [1.82, 2.24) is 14.8 Å². The Labute approximate surface area is 145 Å². The predicted molar refractivity (Wildman–Crippen MR) is 94.8 cm³/mol. The van der Waals surface area contributed by atoms with Gasteiger partial charge in [-0.1, -0.05) is 55.4 Å². The lowest BCUT2D eigenvalue weighted by molar-refractivity contribution is -0.116. The standard InChI is InChI=1S/C16H21ClN4OS/c1-4-21-15(18-14(22)9-11(2)3)19-20-16(21)23-10-12-7-5-6-8-13(12)17/h5-8,11H,4,9-10H2,1-3H3,(H,18,19,22). The smallest absolute Gasteiger partial charge is 0.231 e. The zero-order valence-electron chi connectivity index (χ0n) is 13.5. The average Bonchev–Trinajstić information content (AvgIpc) is 2.87. The maximum atomic E-state index is 11.9. The quantitative estimate of drug-likeness (QED) is 0.757. The van der Waals surface area contributed by atoms with Crippen LogP contribution in [0.3, 0.4) is 0 Å². The molecule has 2 aromatic rings. The maximum Gasteiger partial charge on any atom is 0.231 e. The zero-order chi connectivity index (χ0) is 16.8. The first-order chi connectivity index (χ1) is 11.0. The molecule has 0 radical (unpaired) electrons. The van der Waals surface area contributed by atoms with Gasteiger partial charge in [0.2, 0.25) is 11.9 Å². The molecule has 1 aromatic heterocycles. The molecule has 0 atom stereocenters. The highest BCUT2D eigenvalue weighted by Gasteiger charge is 2.15. The van der Waals surface area contributed by atoms with Crippen molar-refractivity contribution in [3.8, 4) is 0 Å². The number of nitrogens with one attached hydrogen (secondary N) is 1. The Balaban J connectivity index is 2.06. The van der Waals surface area contributed by atoms with Crippen LogP contribution in [0.25, 0.3) is 0 Å². The second-order valence-electron chi connectivity index (χ2n) is 5.58. The van der Waals surface area contributed by atoms with Gasteiger partial charge in [-0.3, -0.25) is 14.7 Å². The molecule has 0 aliphatic rings. The van der Waals surface area contributed by atoms with E-state index in [1.807, 2.05) is 49.6 Å². The van der Waals surface area contributed by atoms with Crippen molar-refractivity contribution in [2.24, 2.45) is 5.92 Å². The molecule has 0 spiro atoms. The number of halogens is 1. The number of rotatable bonds is 7. The molecule has 0 unspecified atom stereocenters. The SMILES string of the molecule is CCn1c(NC(=O)CC(C)C)nnc1SCc1ccccc1Cl. The van der Waals surface area contributed by atoms with E-state index >= 15 is 0 Å². The van der Waals surface area contributed by atoms with Crippen LogP contribution < -0.4 is 5.32 Å². The minimum atomic E-state index is -0.0373. The third kappa shape index (κ3) is 4.97. The van der Waals surface area contributed by atoms with Crippen LogP contribution in [0.2, 0.25) is 5.02 Å². The first-order valence-corrected chi connectivity index (χ1v) is 8.96. The molecule has 0 fully saturated rings. The van der Waals surface area contributed by atoms with Crippen LogP contribution >= 0.6 is 23.4 Å². The first kappa shape index (κ1) is 17.8. The van der Waals surface area contributed by atoms with E-state index in [-0.39, 0.29) is 5.91 Å². The van der Waals surface area contributed by atoms with Gasteiger partial charge in [-0.05, 0) is 24.5 Å². The molecule has 0 saturated heterocycles. The van der Waals surface area contributed by atoms with Gasteiger partial charge in [-0.2, -0.15) is 0 Å². The fraction of sp³-hybridized carbons (Fsp3) is 0.438. The maximum absolute atomic E-state index is 11.9. The van der Waals surface area contributed by atoms with Crippen molar-refractivity contribution >= 4 is 35.2 Å². The fourth-order valence-corrected chi connectivity index (χ4v) is 3.37. The van der Waals surface area contributed by atoms with Crippen molar-refractivity contribution in [3.05, 3.63) is 34.9 Å². The molecule has 124 valence electrons. The van der Waals surface area contributed by atoms with Gasteiger partial charge >= 0.3 is 0 Å². The molecule has 0 aliphatic heterocycles. The van der Waals surface area contributed by atoms with Gasteiger partial charge in [-0.25, -0.2) is 0 Å². The first-order valence-electron chi connectivity index (χ1n) is 7.60. The van der Waals surface area contributed by atoms with Crippen LogP contribution in [0.4, 0.5) is 5.95 Å². The number of aromatic nitrogens is 3. The van der Waals surface area contributed by atoms with Gasteiger partial charge in [0, 0.05) is 23.7 Å². The number of anilines is 1. The number of benzene rings is 1.